The molecule has 2 aromatic rings. The minimum Gasteiger partial charge on any atom is -0.491 e. The van der Waals surface area contributed by atoms with E-state index in [0.717, 1.165) is 19.4 Å². The Morgan fingerprint density at radius 2 is 2.31 bits per heavy atom. The standard InChI is InChI=1S/C20H26N2O3S/c1-22(2)19(16-8-10-26-14-16)12-21-20(23)15-5-3-6-17(11-15)25-13-18-7-4-9-24-18/h3,5-6,8,10-11,14,18-19H,4,7,9,12-13H2,1-2H3,(H,21,23). The van der Waals surface area contributed by atoms with Crippen LogP contribution in [0.5, 0.6) is 5.75 Å². The van der Waals surface area contributed by atoms with E-state index in [9.17, 15) is 4.79 Å². The van der Waals surface area contributed by atoms with E-state index in [4.69, 9.17) is 9.47 Å². The normalized spacial score (nSPS) is 18.0. The van der Waals surface area contributed by atoms with E-state index >= 15 is 0 Å². The first-order valence-corrected chi connectivity index (χ1v) is 9.89. The average molecular weight is 375 g/mol. The van der Waals surface area contributed by atoms with Crippen LogP contribution in [0.15, 0.2) is 41.1 Å². The maximum Gasteiger partial charge on any atom is 0.251 e. The predicted octanol–water partition coefficient (Wildman–Crippen LogP) is 3.34. The molecular formula is C20H26N2O3S. The molecule has 5 nitrogen and oxygen atoms in total. The third-order valence-electron chi connectivity index (χ3n) is 4.56. The van der Waals surface area contributed by atoms with Crippen molar-refractivity contribution < 1.29 is 14.3 Å². The molecule has 1 amide bonds. The van der Waals surface area contributed by atoms with Gasteiger partial charge in [0.05, 0.1) is 12.1 Å². The average Bonchev–Trinajstić information content (AvgIpc) is 3.34. The SMILES string of the molecule is CN(C)C(CNC(=O)c1cccc(OCC2CCCO2)c1)c1ccsc1. The van der Waals surface area contributed by atoms with Crippen molar-refractivity contribution >= 4 is 17.2 Å². The third kappa shape index (κ3) is 5.06. The molecule has 2 unspecified atom stereocenters. The molecule has 1 N–H and O–H groups in total. The fraction of sp³-hybridized carbons (Fsp3) is 0.450. The van der Waals surface area contributed by atoms with Gasteiger partial charge >= 0.3 is 0 Å². The molecule has 1 aromatic heterocycles. The first kappa shape index (κ1) is 18.9. The molecule has 0 bridgehead atoms. The van der Waals surface area contributed by atoms with Gasteiger partial charge in [0, 0.05) is 18.7 Å². The number of thiophene rings is 1. The zero-order valence-corrected chi connectivity index (χ0v) is 16.1. The van der Waals surface area contributed by atoms with Gasteiger partial charge in [-0.25, -0.2) is 0 Å². The van der Waals surface area contributed by atoms with Crippen LogP contribution in [-0.4, -0.2) is 50.8 Å². The Balaban J connectivity index is 1.56. The number of carbonyl (C=O) groups excluding carboxylic acids is 1. The molecule has 1 aromatic carbocycles. The van der Waals surface area contributed by atoms with Crippen LogP contribution >= 0.6 is 11.3 Å². The smallest absolute Gasteiger partial charge is 0.251 e. The van der Waals surface area contributed by atoms with Crippen molar-refractivity contribution in [3.05, 3.63) is 52.2 Å². The molecule has 3 rings (SSSR count). The predicted molar refractivity (Wildman–Crippen MR) is 104 cm³/mol. The summed E-state index contributed by atoms with van der Waals surface area (Å²) < 4.78 is 11.4. The maximum absolute atomic E-state index is 12.5. The Labute approximate surface area is 158 Å². The van der Waals surface area contributed by atoms with Crippen LogP contribution in [0.1, 0.15) is 34.8 Å². The van der Waals surface area contributed by atoms with E-state index in [1.807, 2.05) is 32.3 Å². The van der Waals surface area contributed by atoms with Crippen molar-refractivity contribution in [1.29, 1.82) is 0 Å². The van der Waals surface area contributed by atoms with Crippen LogP contribution in [-0.2, 0) is 4.74 Å². The number of rotatable bonds is 8. The number of amides is 1. The number of nitrogens with zero attached hydrogens (tertiary/aromatic N) is 1. The largest absolute Gasteiger partial charge is 0.491 e. The quantitative estimate of drug-likeness (QED) is 0.770. The zero-order valence-electron chi connectivity index (χ0n) is 15.3. The highest BCUT2D eigenvalue weighted by molar-refractivity contribution is 7.07. The van der Waals surface area contributed by atoms with E-state index in [1.54, 1.807) is 17.4 Å². The van der Waals surface area contributed by atoms with Gasteiger partial charge in [0.15, 0.2) is 0 Å². The molecule has 0 saturated carbocycles. The summed E-state index contributed by atoms with van der Waals surface area (Å²) in [6, 6.07) is 9.58. The molecule has 0 spiro atoms. The number of hydrogen-bond donors (Lipinski definition) is 1. The zero-order chi connectivity index (χ0) is 18.4. The van der Waals surface area contributed by atoms with Crippen molar-refractivity contribution in [3.8, 4) is 5.75 Å². The number of nitrogens with one attached hydrogen (secondary N) is 1. The fourth-order valence-corrected chi connectivity index (χ4v) is 3.75. The molecule has 2 heterocycles. The molecule has 0 radical (unpaired) electrons. The lowest BCUT2D eigenvalue weighted by molar-refractivity contribution is 0.0679. The number of benzene rings is 1. The molecule has 2 atom stereocenters. The van der Waals surface area contributed by atoms with Gasteiger partial charge < -0.3 is 19.7 Å². The second-order valence-corrected chi connectivity index (χ2v) is 7.50. The van der Waals surface area contributed by atoms with E-state index in [-0.39, 0.29) is 18.1 Å². The topological polar surface area (TPSA) is 50.8 Å². The Bertz CT molecular complexity index is 697. The summed E-state index contributed by atoms with van der Waals surface area (Å²) in [5.74, 6) is 0.616. The van der Waals surface area contributed by atoms with Crippen LogP contribution in [0.25, 0.3) is 0 Å². The minimum absolute atomic E-state index is 0.0883. The highest BCUT2D eigenvalue weighted by atomic mass is 32.1. The first-order chi connectivity index (χ1) is 12.6. The lowest BCUT2D eigenvalue weighted by Crippen LogP contribution is -2.34. The van der Waals surface area contributed by atoms with E-state index in [0.29, 0.717) is 24.5 Å². The van der Waals surface area contributed by atoms with Crippen molar-refractivity contribution in [1.82, 2.24) is 10.2 Å². The maximum atomic E-state index is 12.5. The van der Waals surface area contributed by atoms with Gasteiger partial charge in [0.1, 0.15) is 12.4 Å². The van der Waals surface area contributed by atoms with Crippen LogP contribution in [0, 0.1) is 0 Å². The van der Waals surface area contributed by atoms with Crippen molar-refractivity contribution in [3.63, 3.8) is 0 Å². The van der Waals surface area contributed by atoms with Gasteiger partial charge in [0.2, 0.25) is 0 Å². The fourth-order valence-electron chi connectivity index (χ4n) is 3.05. The number of likely N-dealkylation sites (N-methyl/N-ethyl adjacent to an activating group) is 1. The van der Waals surface area contributed by atoms with Crippen LogP contribution in [0.3, 0.4) is 0 Å². The van der Waals surface area contributed by atoms with Gasteiger partial charge in [-0.1, -0.05) is 6.07 Å². The highest BCUT2D eigenvalue weighted by Gasteiger charge is 2.18. The molecule has 140 valence electrons. The van der Waals surface area contributed by atoms with Gasteiger partial charge in [-0.2, -0.15) is 11.3 Å². The summed E-state index contributed by atoms with van der Waals surface area (Å²) >= 11 is 1.67. The monoisotopic (exact) mass is 374 g/mol. The van der Waals surface area contributed by atoms with Crippen LogP contribution < -0.4 is 10.1 Å². The lowest BCUT2D eigenvalue weighted by Gasteiger charge is -2.24. The molecule has 1 saturated heterocycles. The number of ether oxygens (including phenoxy) is 2. The number of carbonyl (C=O) groups is 1. The second kappa shape index (κ2) is 9.16. The number of hydrogen-bond acceptors (Lipinski definition) is 5. The summed E-state index contributed by atoms with van der Waals surface area (Å²) in [4.78, 5) is 14.7. The minimum atomic E-state index is -0.0883. The van der Waals surface area contributed by atoms with Gasteiger partial charge in [-0.15, -0.1) is 0 Å². The summed E-state index contributed by atoms with van der Waals surface area (Å²) in [7, 11) is 4.04. The van der Waals surface area contributed by atoms with Crippen LogP contribution in [0.4, 0.5) is 0 Å². The van der Waals surface area contributed by atoms with Crippen molar-refractivity contribution in [2.75, 3.05) is 33.9 Å². The molecule has 26 heavy (non-hydrogen) atoms. The van der Waals surface area contributed by atoms with Crippen molar-refractivity contribution in [2.24, 2.45) is 0 Å². The Morgan fingerprint density at radius 1 is 1.42 bits per heavy atom. The van der Waals surface area contributed by atoms with Crippen LogP contribution in [0.2, 0.25) is 0 Å². The van der Waals surface area contributed by atoms with Crippen molar-refractivity contribution in [2.45, 2.75) is 25.0 Å². The summed E-state index contributed by atoms with van der Waals surface area (Å²) in [5, 5.41) is 7.22. The van der Waals surface area contributed by atoms with E-state index < -0.39 is 0 Å². The molecular weight excluding hydrogens is 348 g/mol. The Morgan fingerprint density at radius 3 is 3.00 bits per heavy atom. The summed E-state index contributed by atoms with van der Waals surface area (Å²) in [6.07, 6.45) is 2.29. The van der Waals surface area contributed by atoms with E-state index in [2.05, 4.69) is 27.0 Å². The van der Waals surface area contributed by atoms with Gasteiger partial charge in [-0.05, 0) is 67.5 Å². The Hall–Kier alpha value is -1.89. The van der Waals surface area contributed by atoms with E-state index in [1.165, 1.54) is 5.56 Å². The Kier molecular flexibility index (Phi) is 6.66. The molecule has 1 aliphatic rings. The third-order valence-corrected chi connectivity index (χ3v) is 5.26. The molecule has 1 aliphatic heterocycles. The molecule has 6 heteroatoms. The lowest BCUT2D eigenvalue weighted by atomic mass is 10.1. The summed E-state index contributed by atoms with van der Waals surface area (Å²) in [6.45, 7) is 1.91. The van der Waals surface area contributed by atoms with Gasteiger partial charge in [-0.3, -0.25) is 4.79 Å². The molecule has 0 aliphatic carbocycles. The summed E-state index contributed by atoms with van der Waals surface area (Å²) in [5.41, 5.74) is 1.83. The first-order valence-electron chi connectivity index (χ1n) is 8.94. The highest BCUT2D eigenvalue weighted by Crippen LogP contribution is 2.21. The second-order valence-electron chi connectivity index (χ2n) is 6.72. The molecule has 1 fully saturated rings. The van der Waals surface area contributed by atoms with Gasteiger partial charge in [0.25, 0.3) is 5.91 Å².